The summed E-state index contributed by atoms with van der Waals surface area (Å²) in [6.45, 7) is 2.22. The third-order valence-electron chi connectivity index (χ3n) is 4.39. The van der Waals surface area contributed by atoms with Crippen LogP contribution >= 0.6 is 26.3 Å². The van der Waals surface area contributed by atoms with E-state index in [-0.39, 0.29) is 17.2 Å². The van der Waals surface area contributed by atoms with Crippen LogP contribution in [0.5, 0.6) is 17.2 Å². The summed E-state index contributed by atoms with van der Waals surface area (Å²) in [7, 11) is 0. The third kappa shape index (κ3) is 2.74. The van der Waals surface area contributed by atoms with Crippen LogP contribution in [0.4, 0.5) is 0 Å². The van der Waals surface area contributed by atoms with Crippen LogP contribution in [0.25, 0.3) is 0 Å². The van der Waals surface area contributed by atoms with E-state index >= 15 is 0 Å². The fourth-order valence-electron chi connectivity index (χ4n) is 2.87. The van der Waals surface area contributed by atoms with Gasteiger partial charge in [-0.2, -0.15) is 0 Å². The number of rotatable bonds is 3. The van der Waals surface area contributed by atoms with Gasteiger partial charge in [0.25, 0.3) is 0 Å². The summed E-state index contributed by atoms with van der Waals surface area (Å²) in [5.41, 5.74) is 0. The summed E-state index contributed by atoms with van der Waals surface area (Å²) in [5.74, 6) is 0.681. The standard InChI is InChI=1S/C19H18IO3P/c1-24(20,17-8-2-14(21)3-9-17,18-10-4-15(22)5-11-18)19-12-6-16(23)7-13-19/h2-13,21-23H,1H3. The molecule has 3 aromatic carbocycles. The van der Waals surface area contributed by atoms with Gasteiger partial charge in [0.05, 0.1) is 0 Å². The van der Waals surface area contributed by atoms with Gasteiger partial charge in [0.15, 0.2) is 0 Å². The van der Waals surface area contributed by atoms with Crippen molar-refractivity contribution >= 4 is 42.2 Å². The molecule has 0 bridgehead atoms. The third-order valence-corrected chi connectivity index (χ3v) is 14.0. The molecule has 0 fully saturated rings. The Morgan fingerprint density at radius 1 is 0.542 bits per heavy atom. The van der Waals surface area contributed by atoms with Crippen molar-refractivity contribution in [3.05, 3.63) is 72.8 Å². The van der Waals surface area contributed by atoms with Crippen LogP contribution in [0, 0.1) is 0 Å². The first kappa shape index (κ1) is 17.1. The number of hydrogen-bond acceptors (Lipinski definition) is 3. The Labute approximate surface area is 154 Å². The number of phenols is 3. The van der Waals surface area contributed by atoms with Crippen molar-refractivity contribution < 1.29 is 15.3 Å². The maximum absolute atomic E-state index is 9.67. The Morgan fingerprint density at radius 2 is 0.750 bits per heavy atom. The Bertz CT molecular complexity index is 739. The number of benzene rings is 3. The topological polar surface area (TPSA) is 60.7 Å². The van der Waals surface area contributed by atoms with E-state index in [9.17, 15) is 15.3 Å². The average Bonchev–Trinajstić information content (AvgIpc) is 2.56. The summed E-state index contributed by atoms with van der Waals surface area (Å²) >= 11 is 2.53. The molecule has 124 valence electrons. The fourth-order valence-corrected chi connectivity index (χ4v) is 9.23. The first-order valence-electron chi connectivity index (χ1n) is 7.42. The van der Waals surface area contributed by atoms with Crippen molar-refractivity contribution in [3.8, 4) is 17.2 Å². The summed E-state index contributed by atoms with van der Waals surface area (Å²) in [5, 5.41) is 32.3. The molecule has 3 nitrogen and oxygen atoms in total. The molecule has 0 aliphatic carbocycles. The van der Waals surface area contributed by atoms with E-state index in [1.807, 2.05) is 36.4 Å². The molecule has 0 saturated carbocycles. The molecular formula is C19H18IO3P. The van der Waals surface area contributed by atoms with Gasteiger partial charge in [-0.3, -0.25) is 0 Å². The van der Waals surface area contributed by atoms with Crippen molar-refractivity contribution in [2.24, 2.45) is 0 Å². The summed E-state index contributed by atoms with van der Waals surface area (Å²) in [6.07, 6.45) is 0. The fraction of sp³-hybridized carbons (Fsp3) is 0.0526. The molecular weight excluding hydrogens is 434 g/mol. The predicted molar refractivity (Wildman–Crippen MR) is 110 cm³/mol. The summed E-state index contributed by atoms with van der Waals surface area (Å²) < 4.78 is -2.81. The zero-order valence-electron chi connectivity index (χ0n) is 13.1. The molecule has 24 heavy (non-hydrogen) atoms. The molecule has 5 heteroatoms. The molecule has 0 aliphatic rings. The molecule has 3 N–H and O–H groups in total. The molecule has 0 radical (unpaired) electrons. The van der Waals surface area contributed by atoms with Crippen molar-refractivity contribution in [2.45, 2.75) is 0 Å². The van der Waals surface area contributed by atoms with Crippen molar-refractivity contribution in [2.75, 3.05) is 6.66 Å². The normalized spacial score (nSPS) is 13.2. The van der Waals surface area contributed by atoms with E-state index in [0.29, 0.717) is 0 Å². The minimum absolute atomic E-state index is 0.227. The van der Waals surface area contributed by atoms with Gasteiger partial charge < -0.3 is 0 Å². The van der Waals surface area contributed by atoms with E-state index < -0.39 is 4.25 Å². The second-order valence-corrected chi connectivity index (χ2v) is 17.6. The van der Waals surface area contributed by atoms with E-state index in [1.165, 1.54) is 0 Å². The van der Waals surface area contributed by atoms with Gasteiger partial charge >= 0.3 is 154 Å². The van der Waals surface area contributed by atoms with E-state index in [1.54, 1.807) is 36.4 Å². The second-order valence-electron chi connectivity index (χ2n) is 5.98. The van der Waals surface area contributed by atoms with E-state index in [0.717, 1.165) is 15.9 Å². The maximum atomic E-state index is 9.67. The molecule has 0 aliphatic heterocycles. The number of hydrogen-bond donors (Lipinski definition) is 3. The summed E-state index contributed by atoms with van der Waals surface area (Å²) in [6, 6.07) is 21.8. The molecule has 0 amide bonds. The SMILES string of the molecule is CP(I)(c1ccc(O)cc1)(c1ccc(O)cc1)c1ccc(O)cc1. The second kappa shape index (κ2) is 5.94. The Morgan fingerprint density at radius 3 is 0.958 bits per heavy atom. The van der Waals surface area contributed by atoms with Gasteiger partial charge in [0.1, 0.15) is 0 Å². The van der Waals surface area contributed by atoms with Crippen LogP contribution in [0.2, 0.25) is 0 Å². The van der Waals surface area contributed by atoms with E-state index in [4.69, 9.17) is 0 Å². The van der Waals surface area contributed by atoms with Crippen molar-refractivity contribution in [1.82, 2.24) is 0 Å². The Kier molecular flexibility index (Phi) is 4.22. The average molecular weight is 452 g/mol. The Balaban J connectivity index is 2.33. The number of phenolic OH excluding ortho intramolecular Hbond substituents is 3. The van der Waals surface area contributed by atoms with Crippen LogP contribution in [0.1, 0.15) is 0 Å². The molecule has 0 unspecified atom stereocenters. The number of halogens is 1. The van der Waals surface area contributed by atoms with Gasteiger partial charge in [0.2, 0.25) is 0 Å². The summed E-state index contributed by atoms with van der Waals surface area (Å²) in [4.78, 5) is 0. The quantitative estimate of drug-likeness (QED) is 0.421. The Hall–Kier alpha value is -1.78. The molecule has 3 aromatic rings. The number of aromatic hydroxyl groups is 3. The van der Waals surface area contributed by atoms with Gasteiger partial charge in [0, 0.05) is 0 Å². The monoisotopic (exact) mass is 452 g/mol. The van der Waals surface area contributed by atoms with E-state index in [2.05, 4.69) is 28.7 Å². The molecule has 0 atom stereocenters. The van der Waals surface area contributed by atoms with Crippen LogP contribution in [-0.2, 0) is 0 Å². The van der Waals surface area contributed by atoms with Gasteiger partial charge in [-0.15, -0.1) is 0 Å². The predicted octanol–water partition coefficient (Wildman–Crippen LogP) is 3.61. The van der Waals surface area contributed by atoms with Crippen LogP contribution in [0.15, 0.2) is 72.8 Å². The van der Waals surface area contributed by atoms with Crippen LogP contribution < -0.4 is 15.9 Å². The van der Waals surface area contributed by atoms with Crippen LogP contribution in [0.3, 0.4) is 0 Å². The van der Waals surface area contributed by atoms with Crippen molar-refractivity contribution in [3.63, 3.8) is 0 Å². The van der Waals surface area contributed by atoms with Gasteiger partial charge in [-0.05, 0) is 0 Å². The first-order valence-corrected chi connectivity index (χ1v) is 12.9. The van der Waals surface area contributed by atoms with Gasteiger partial charge in [-0.25, -0.2) is 0 Å². The molecule has 0 saturated heterocycles. The molecule has 0 aromatic heterocycles. The molecule has 0 spiro atoms. The zero-order valence-corrected chi connectivity index (χ0v) is 16.1. The first-order chi connectivity index (χ1) is 11.3. The van der Waals surface area contributed by atoms with Crippen LogP contribution in [-0.4, -0.2) is 22.0 Å². The zero-order chi connectivity index (χ0) is 17.4. The molecule has 3 rings (SSSR count). The van der Waals surface area contributed by atoms with Crippen molar-refractivity contribution in [1.29, 1.82) is 0 Å². The minimum atomic E-state index is -2.81. The van der Waals surface area contributed by atoms with Gasteiger partial charge in [-0.1, -0.05) is 0 Å². The molecule has 0 heterocycles.